The number of Topliss-reactive ketones (excluding diaryl/α,β-unsaturated/α-hetero) is 1. The van der Waals surface area contributed by atoms with Gasteiger partial charge in [-0.1, -0.05) is 89.3 Å². The number of carbonyl (C=O) groups is 2. The van der Waals surface area contributed by atoms with Crippen molar-refractivity contribution in [2.45, 2.75) is 29.7 Å². The first-order chi connectivity index (χ1) is 20.9. The Balaban J connectivity index is 1.33. The third-order valence-corrected chi connectivity index (χ3v) is 9.10. The monoisotopic (exact) mass is 629 g/mol. The molecule has 3 aromatic carbocycles. The topological polar surface area (TPSA) is 106 Å². The third-order valence-electron chi connectivity index (χ3n) is 6.72. The van der Waals surface area contributed by atoms with Crippen molar-refractivity contribution in [3.05, 3.63) is 136 Å². The van der Waals surface area contributed by atoms with Gasteiger partial charge in [-0.3, -0.25) is 14.5 Å². The molecular formula is C32H24ClN3O5S2. The largest absolute Gasteiger partial charge is 0.503 e. The number of aryl methyl sites for hydroxylation is 1. The van der Waals surface area contributed by atoms with Gasteiger partial charge in [-0.25, -0.2) is 0 Å². The van der Waals surface area contributed by atoms with Gasteiger partial charge in [-0.2, -0.15) is 0 Å². The molecule has 0 saturated heterocycles. The molecule has 3 heterocycles. The summed E-state index contributed by atoms with van der Waals surface area (Å²) < 4.78 is 12.2. The molecule has 0 spiro atoms. The first kappa shape index (κ1) is 28.7. The van der Waals surface area contributed by atoms with E-state index < -0.39 is 23.5 Å². The fraction of sp³-hybridized carbons (Fsp3) is 0.125. The molecule has 0 radical (unpaired) electrons. The molecule has 43 heavy (non-hydrogen) atoms. The third kappa shape index (κ3) is 6.22. The van der Waals surface area contributed by atoms with E-state index in [1.165, 1.54) is 34.1 Å². The Morgan fingerprint density at radius 1 is 1.02 bits per heavy atom. The smallest absolute Gasteiger partial charge is 0.296 e. The maximum Gasteiger partial charge on any atom is 0.296 e. The maximum absolute atomic E-state index is 13.7. The Labute approximate surface area is 260 Å². The van der Waals surface area contributed by atoms with Crippen LogP contribution in [0.2, 0.25) is 5.02 Å². The van der Waals surface area contributed by atoms with E-state index in [4.69, 9.17) is 20.8 Å². The SMILES string of the molecule is Cc1ccc(C(=O)C2=C(O)C(=O)N(c3nnc(SCc4ccc(Cl)cc4)s3)C2c2cccc(OCc3ccccc3)c2)o1. The molecule has 5 aromatic rings. The molecule has 1 aliphatic heterocycles. The number of ether oxygens (including phenoxy) is 1. The average molecular weight is 630 g/mol. The van der Waals surface area contributed by atoms with E-state index in [-0.39, 0.29) is 16.5 Å². The standard InChI is InChI=1S/C32H24ClN3O5S2/c1-19-10-15-25(41-19)28(37)26-27(22-8-5-9-24(16-22)40-17-20-6-3-2-4-7-20)36(30(39)29(26)38)31-34-35-32(43-31)42-18-21-11-13-23(33)14-12-21/h2-16,27,38H,17-18H2,1H3. The van der Waals surface area contributed by atoms with Crippen LogP contribution in [0.3, 0.4) is 0 Å². The lowest BCUT2D eigenvalue weighted by Gasteiger charge is -2.24. The minimum Gasteiger partial charge on any atom is -0.503 e. The predicted octanol–water partition coefficient (Wildman–Crippen LogP) is 7.75. The molecule has 1 amide bonds. The van der Waals surface area contributed by atoms with Crippen LogP contribution in [0.15, 0.2) is 111 Å². The van der Waals surface area contributed by atoms with Crippen molar-refractivity contribution in [3.63, 3.8) is 0 Å². The van der Waals surface area contributed by atoms with E-state index in [1.807, 2.05) is 54.6 Å². The zero-order valence-electron chi connectivity index (χ0n) is 22.8. The van der Waals surface area contributed by atoms with Crippen LogP contribution in [0.1, 0.15) is 39.0 Å². The summed E-state index contributed by atoms with van der Waals surface area (Å²) in [5, 5.41) is 20.6. The van der Waals surface area contributed by atoms with Gasteiger partial charge in [-0.05, 0) is 60.0 Å². The summed E-state index contributed by atoms with van der Waals surface area (Å²) in [5.41, 5.74) is 2.49. The van der Waals surface area contributed by atoms with Crippen molar-refractivity contribution in [2.24, 2.45) is 0 Å². The Morgan fingerprint density at radius 3 is 2.56 bits per heavy atom. The number of benzene rings is 3. The van der Waals surface area contributed by atoms with Crippen LogP contribution in [-0.2, 0) is 17.2 Å². The van der Waals surface area contributed by atoms with Gasteiger partial charge in [0.25, 0.3) is 5.91 Å². The Bertz CT molecular complexity index is 1820. The molecule has 2 aromatic heterocycles. The highest BCUT2D eigenvalue weighted by molar-refractivity contribution is 8.00. The first-order valence-corrected chi connectivity index (χ1v) is 15.4. The van der Waals surface area contributed by atoms with Crippen molar-refractivity contribution >= 4 is 51.5 Å². The van der Waals surface area contributed by atoms with Gasteiger partial charge in [0, 0.05) is 10.8 Å². The Morgan fingerprint density at radius 2 is 1.81 bits per heavy atom. The van der Waals surface area contributed by atoms with Crippen LogP contribution in [0.25, 0.3) is 0 Å². The number of carbonyl (C=O) groups excluding carboxylic acids is 2. The summed E-state index contributed by atoms with van der Waals surface area (Å²) in [6.07, 6.45) is 0. The lowest BCUT2D eigenvalue weighted by Crippen LogP contribution is -2.31. The van der Waals surface area contributed by atoms with Gasteiger partial charge < -0.3 is 14.3 Å². The molecule has 1 N–H and O–H groups in total. The van der Waals surface area contributed by atoms with E-state index in [2.05, 4.69) is 10.2 Å². The molecule has 0 bridgehead atoms. The Kier molecular flexibility index (Phi) is 8.33. The fourth-order valence-electron chi connectivity index (χ4n) is 4.64. The molecule has 216 valence electrons. The molecule has 6 rings (SSSR count). The number of ketones is 1. The number of aliphatic hydroxyl groups is 1. The van der Waals surface area contributed by atoms with Crippen molar-refractivity contribution in [1.82, 2.24) is 10.2 Å². The second kappa shape index (κ2) is 12.5. The van der Waals surface area contributed by atoms with Gasteiger partial charge in [0.15, 0.2) is 15.9 Å². The van der Waals surface area contributed by atoms with Gasteiger partial charge >= 0.3 is 0 Å². The molecule has 1 atom stereocenters. The number of thioether (sulfide) groups is 1. The van der Waals surface area contributed by atoms with Gasteiger partial charge in [0.2, 0.25) is 10.9 Å². The lowest BCUT2D eigenvalue weighted by molar-refractivity contribution is -0.117. The summed E-state index contributed by atoms with van der Waals surface area (Å²) in [4.78, 5) is 28.6. The average Bonchev–Trinajstić information content (AvgIpc) is 3.74. The highest BCUT2D eigenvalue weighted by Gasteiger charge is 2.46. The lowest BCUT2D eigenvalue weighted by atomic mass is 9.95. The van der Waals surface area contributed by atoms with Crippen LogP contribution in [0.5, 0.6) is 5.75 Å². The number of hydrogen-bond acceptors (Lipinski definition) is 9. The van der Waals surface area contributed by atoms with Crippen LogP contribution in [-0.4, -0.2) is 27.0 Å². The molecule has 1 unspecified atom stereocenters. The summed E-state index contributed by atoms with van der Waals surface area (Å²) in [6, 6.07) is 26.5. The maximum atomic E-state index is 13.7. The molecule has 11 heteroatoms. The van der Waals surface area contributed by atoms with Crippen molar-refractivity contribution in [3.8, 4) is 5.75 Å². The number of halogens is 1. The fourth-order valence-corrected chi connectivity index (χ4v) is 6.59. The number of nitrogens with zero attached hydrogens (tertiary/aromatic N) is 3. The predicted molar refractivity (Wildman–Crippen MR) is 166 cm³/mol. The van der Waals surface area contributed by atoms with Gasteiger partial charge in [0.05, 0.1) is 11.6 Å². The van der Waals surface area contributed by atoms with E-state index in [9.17, 15) is 14.7 Å². The molecular weight excluding hydrogens is 606 g/mol. The minimum atomic E-state index is -0.993. The molecule has 0 aliphatic carbocycles. The van der Waals surface area contributed by atoms with Crippen molar-refractivity contribution < 1.29 is 23.8 Å². The van der Waals surface area contributed by atoms with Crippen LogP contribution >= 0.6 is 34.7 Å². The summed E-state index contributed by atoms with van der Waals surface area (Å²) in [6.45, 7) is 2.05. The quantitative estimate of drug-likeness (QED) is 0.0950. The normalized spacial score (nSPS) is 14.9. The van der Waals surface area contributed by atoms with Crippen molar-refractivity contribution in [1.29, 1.82) is 0 Å². The van der Waals surface area contributed by atoms with Crippen LogP contribution in [0.4, 0.5) is 5.13 Å². The van der Waals surface area contributed by atoms with Gasteiger partial charge in [-0.15, -0.1) is 10.2 Å². The number of aromatic nitrogens is 2. The first-order valence-electron chi connectivity index (χ1n) is 13.2. The number of furan rings is 1. The molecule has 0 fully saturated rings. The van der Waals surface area contributed by atoms with E-state index in [0.717, 1.165) is 11.1 Å². The zero-order chi connectivity index (χ0) is 29.9. The number of amides is 1. The van der Waals surface area contributed by atoms with E-state index >= 15 is 0 Å². The highest BCUT2D eigenvalue weighted by atomic mass is 35.5. The molecule has 1 aliphatic rings. The zero-order valence-corrected chi connectivity index (χ0v) is 25.2. The summed E-state index contributed by atoms with van der Waals surface area (Å²) in [7, 11) is 0. The van der Waals surface area contributed by atoms with E-state index in [0.29, 0.717) is 38.8 Å². The van der Waals surface area contributed by atoms with Crippen LogP contribution in [0, 0.1) is 6.92 Å². The minimum absolute atomic E-state index is 0.0201. The second-order valence-corrected chi connectivity index (χ2v) is 12.3. The Hall–Kier alpha value is -4.38. The number of hydrogen-bond donors (Lipinski definition) is 1. The number of anilines is 1. The molecule has 0 saturated carbocycles. The summed E-state index contributed by atoms with van der Waals surface area (Å²) in [5.74, 6) is -0.297. The van der Waals surface area contributed by atoms with Gasteiger partial charge in [0.1, 0.15) is 18.1 Å². The van der Waals surface area contributed by atoms with Crippen molar-refractivity contribution in [2.75, 3.05) is 4.90 Å². The number of rotatable bonds is 10. The number of aliphatic hydroxyl groups excluding tert-OH is 1. The van der Waals surface area contributed by atoms with Crippen LogP contribution < -0.4 is 9.64 Å². The van der Waals surface area contributed by atoms with E-state index in [1.54, 1.807) is 37.3 Å². The highest BCUT2D eigenvalue weighted by Crippen LogP contribution is 2.44. The second-order valence-electron chi connectivity index (χ2n) is 9.69. The summed E-state index contributed by atoms with van der Waals surface area (Å²) >= 11 is 8.65. The molecule has 8 nitrogen and oxygen atoms in total.